The summed E-state index contributed by atoms with van der Waals surface area (Å²) < 4.78 is 26.8. The number of aromatic nitrogens is 5. The predicted molar refractivity (Wildman–Crippen MR) is 175 cm³/mol. The van der Waals surface area contributed by atoms with Gasteiger partial charge in [-0.1, -0.05) is 0 Å². The lowest BCUT2D eigenvalue weighted by molar-refractivity contribution is -0.0980. The Labute approximate surface area is 272 Å². The van der Waals surface area contributed by atoms with Crippen LogP contribution in [-0.2, 0) is 11.2 Å². The van der Waals surface area contributed by atoms with Crippen molar-refractivity contribution in [3.8, 4) is 23.0 Å². The van der Waals surface area contributed by atoms with Gasteiger partial charge in [-0.25, -0.2) is 24.3 Å². The van der Waals surface area contributed by atoms with E-state index in [4.69, 9.17) is 18.9 Å². The van der Waals surface area contributed by atoms with Gasteiger partial charge in [0.25, 0.3) is 0 Å². The number of hydrogen-bond donors (Lipinski definition) is 1. The van der Waals surface area contributed by atoms with E-state index in [1.165, 1.54) is 6.33 Å². The van der Waals surface area contributed by atoms with Crippen molar-refractivity contribution in [2.45, 2.75) is 83.6 Å². The molecule has 5 aromatic rings. The van der Waals surface area contributed by atoms with Gasteiger partial charge >= 0.3 is 6.09 Å². The molecule has 0 aliphatic carbocycles. The van der Waals surface area contributed by atoms with Gasteiger partial charge in [0.15, 0.2) is 22.9 Å². The van der Waals surface area contributed by atoms with Crippen LogP contribution in [0, 0.1) is 6.92 Å². The van der Waals surface area contributed by atoms with E-state index >= 15 is 0 Å². The molecule has 8 rings (SSSR count). The van der Waals surface area contributed by atoms with E-state index in [0.717, 1.165) is 65.6 Å². The van der Waals surface area contributed by atoms with Crippen molar-refractivity contribution < 1.29 is 23.7 Å². The Balaban J connectivity index is 1.11. The third kappa shape index (κ3) is 5.31. The number of nitrogens with one attached hydrogen (secondary N) is 1. The van der Waals surface area contributed by atoms with Gasteiger partial charge in [-0.2, -0.15) is 5.10 Å². The van der Waals surface area contributed by atoms with E-state index in [0.29, 0.717) is 41.7 Å². The number of hydrogen-bond acceptors (Lipinski definition) is 10. The molecule has 3 aliphatic heterocycles. The number of carbonyl (C=O) groups is 1. The van der Waals surface area contributed by atoms with Crippen molar-refractivity contribution in [2.75, 3.05) is 11.9 Å². The Kier molecular flexibility index (Phi) is 6.85. The largest absolute Gasteiger partial charge is 0.489 e. The Morgan fingerprint density at radius 3 is 2.79 bits per heavy atom. The standard InChI is InChI=1S/C35H37N7O5/c1-21-16-22(7-8-27(21)45-24-10-14-41-29(17-24)36-20-39-41)40-32-26-18-28(31-25(11-15-44-31)30(26)37-19-38-32)46-35-12-5-6-23(9-13-35)42(35)33(43)47-34(2,3)4/h7-8,10,14,16-20,23H,5-6,9,11-13,15H2,1-4H3,(H,37,38,40). The summed E-state index contributed by atoms with van der Waals surface area (Å²) in [6.45, 7) is 8.22. The lowest BCUT2D eigenvalue weighted by Crippen LogP contribution is -2.57. The molecular formula is C35H37N7O5. The fourth-order valence-electron chi connectivity index (χ4n) is 7.10. The van der Waals surface area contributed by atoms with E-state index in [1.54, 1.807) is 10.8 Å². The molecule has 0 radical (unpaired) electrons. The average molecular weight is 636 g/mol. The molecule has 1 amide bonds. The maximum Gasteiger partial charge on any atom is 0.413 e. The number of amides is 1. The summed E-state index contributed by atoms with van der Waals surface area (Å²) in [5.74, 6) is 3.35. The number of anilines is 2. The molecule has 0 spiro atoms. The molecule has 3 aliphatic rings. The first kappa shape index (κ1) is 29.3. The van der Waals surface area contributed by atoms with E-state index in [2.05, 4.69) is 25.4 Å². The highest BCUT2D eigenvalue weighted by Crippen LogP contribution is 2.50. The molecule has 2 aromatic carbocycles. The number of carbonyl (C=O) groups excluding carboxylic acids is 1. The summed E-state index contributed by atoms with van der Waals surface area (Å²) in [6.07, 6.45) is 9.53. The Morgan fingerprint density at radius 2 is 1.94 bits per heavy atom. The molecule has 3 aromatic heterocycles. The molecule has 2 bridgehead atoms. The van der Waals surface area contributed by atoms with Crippen molar-refractivity contribution in [3.63, 3.8) is 0 Å². The van der Waals surface area contributed by atoms with Gasteiger partial charge in [0.05, 0.1) is 12.1 Å². The van der Waals surface area contributed by atoms with Gasteiger partial charge in [0, 0.05) is 54.2 Å². The third-order valence-corrected chi connectivity index (χ3v) is 9.13. The molecule has 2 atom stereocenters. The van der Waals surface area contributed by atoms with Gasteiger partial charge in [-0.05, 0) is 82.9 Å². The maximum atomic E-state index is 13.5. The highest BCUT2D eigenvalue weighted by molar-refractivity contribution is 5.96. The zero-order chi connectivity index (χ0) is 32.3. The Morgan fingerprint density at radius 1 is 1.04 bits per heavy atom. The first-order chi connectivity index (χ1) is 22.7. The highest BCUT2D eigenvalue weighted by Gasteiger charge is 2.55. The number of pyridine rings is 1. The number of benzene rings is 2. The van der Waals surface area contributed by atoms with Crippen LogP contribution >= 0.6 is 0 Å². The third-order valence-electron chi connectivity index (χ3n) is 9.13. The van der Waals surface area contributed by atoms with E-state index in [1.807, 2.05) is 75.2 Å². The van der Waals surface area contributed by atoms with Crippen LogP contribution in [0.15, 0.2) is 55.2 Å². The number of piperidine rings is 1. The maximum absolute atomic E-state index is 13.5. The molecule has 2 fully saturated rings. The minimum Gasteiger partial charge on any atom is -0.489 e. The summed E-state index contributed by atoms with van der Waals surface area (Å²) in [7, 11) is 0. The van der Waals surface area contributed by atoms with Gasteiger partial charge < -0.3 is 24.3 Å². The molecule has 6 heterocycles. The first-order valence-electron chi connectivity index (χ1n) is 16.2. The van der Waals surface area contributed by atoms with E-state index in [9.17, 15) is 4.79 Å². The number of rotatable bonds is 6. The average Bonchev–Trinajstić information content (AvgIpc) is 3.75. The van der Waals surface area contributed by atoms with Crippen LogP contribution in [0.3, 0.4) is 0 Å². The molecule has 12 nitrogen and oxygen atoms in total. The summed E-state index contributed by atoms with van der Waals surface area (Å²) >= 11 is 0. The summed E-state index contributed by atoms with van der Waals surface area (Å²) in [5.41, 5.74) is 2.91. The number of aryl methyl sites for hydroxylation is 1. The minimum absolute atomic E-state index is 0.0920. The summed E-state index contributed by atoms with van der Waals surface area (Å²) in [5, 5.41) is 8.45. The quantitative estimate of drug-likeness (QED) is 0.206. The van der Waals surface area contributed by atoms with Gasteiger partial charge in [0.2, 0.25) is 0 Å². The zero-order valence-corrected chi connectivity index (χ0v) is 26.9. The molecule has 1 N–H and O–H groups in total. The number of ether oxygens (including phenoxy) is 4. The molecular weight excluding hydrogens is 598 g/mol. The van der Waals surface area contributed by atoms with E-state index < -0.39 is 11.3 Å². The van der Waals surface area contributed by atoms with Gasteiger partial charge in [-0.3, -0.25) is 4.90 Å². The molecule has 2 unspecified atom stereocenters. The van der Waals surface area contributed by atoms with Crippen LogP contribution in [0.25, 0.3) is 16.6 Å². The SMILES string of the molecule is Cc1cc(Nc2ncnc3c4c(c(OC56CCCC(CC5)N6C(=O)OC(C)(C)C)cc23)OCC4)ccc1Oc1ccn2ncnc2c1. The monoisotopic (exact) mass is 635 g/mol. The molecule has 242 valence electrons. The second-order valence-electron chi connectivity index (χ2n) is 13.5. The summed E-state index contributed by atoms with van der Waals surface area (Å²) in [6, 6.07) is 11.7. The van der Waals surface area contributed by atoms with Crippen molar-refractivity contribution in [1.82, 2.24) is 29.5 Å². The topological polar surface area (TPSA) is 125 Å². The van der Waals surface area contributed by atoms with E-state index in [-0.39, 0.29) is 12.1 Å². The number of fused-ring (bicyclic) bond motifs is 6. The van der Waals surface area contributed by atoms with Gasteiger partial charge in [-0.15, -0.1) is 0 Å². The highest BCUT2D eigenvalue weighted by atomic mass is 16.6. The van der Waals surface area contributed by atoms with Crippen LogP contribution < -0.4 is 19.5 Å². The fraction of sp³-hybridized carbons (Fsp3) is 0.400. The Bertz CT molecular complexity index is 2020. The van der Waals surface area contributed by atoms with Crippen LogP contribution in [0.2, 0.25) is 0 Å². The molecule has 47 heavy (non-hydrogen) atoms. The van der Waals surface area contributed by atoms with Crippen molar-refractivity contribution in [3.05, 3.63) is 66.4 Å². The first-order valence-corrected chi connectivity index (χ1v) is 16.2. The lowest BCUT2D eigenvalue weighted by atomic mass is 9.99. The Hall–Kier alpha value is -5.13. The van der Waals surface area contributed by atoms with Crippen molar-refractivity contribution in [2.24, 2.45) is 0 Å². The second kappa shape index (κ2) is 11.0. The molecule has 12 heteroatoms. The summed E-state index contributed by atoms with van der Waals surface area (Å²) in [4.78, 5) is 28.9. The minimum atomic E-state index is -0.798. The smallest absolute Gasteiger partial charge is 0.413 e. The molecule has 0 saturated carbocycles. The normalized spacial score (nSPS) is 20.3. The second-order valence-corrected chi connectivity index (χ2v) is 13.5. The van der Waals surface area contributed by atoms with Crippen LogP contribution in [0.4, 0.5) is 16.3 Å². The van der Waals surface area contributed by atoms with Crippen LogP contribution in [0.5, 0.6) is 23.0 Å². The van der Waals surface area contributed by atoms with Crippen molar-refractivity contribution >= 4 is 34.1 Å². The van der Waals surface area contributed by atoms with Crippen LogP contribution in [0.1, 0.15) is 64.0 Å². The molecule has 2 saturated heterocycles. The number of nitrogens with zero attached hydrogens (tertiary/aromatic N) is 6. The van der Waals surface area contributed by atoms with Gasteiger partial charge in [0.1, 0.15) is 35.6 Å². The van der Waals surface area contributed by atoms with Crippen LogP contribution in [-0.4, -0.2) is 59.5 Å². The zero-order valence-electron chi connectivity index (χ0n) is 26.9. The van der Waals surface area contributed by atoms with Crippen molar-refractivity contribution in [1.29, 1.82) is 0 Å². The fourth-order valence-corrected chi connectivity index (χ4v) is 7.10. The lowest BCUT2D eigenvalue weighted by Gasteiger charge is -2.44. The predicted octanol–water partition coefficient (Wildman–Crippen LogP) is 7.11.